The number of aliphatic hydroxyl groups excluding tert-OH is 1. The molecule has 300 valence electrons. The highest BCUT2D eigenvalue weighted by Crippen LogP contribution is 2.60. The first-order valence-corrected chi connectivity index (χ1v) is 22.4. The number of carbonyl (C=O) groups excluding carboxylic acids is 3. The van der Waals surface area contributed by atoms with E-state index in [-0.39, 0.29) is 47.3 Å². The van der Waals surface area contributed by atoms with Crippen LogP contribution in [0.15, 0.2) is 82.6 Å². The third kappa shape index (κ3) is 6.91. The fourth-order valence-electron chi connectivity index (χ4n) is 8.51. The Morgan fingerprint density at radius 2 is 1.61 bits per heavy atom. The maximum Gasteiger partial charge on any atom is 0.265 e. The molecule has 11 nitrogen and oxygen atoms in total. The lowest BCUT2D eigenvalue weighted by molar-refractivity contribution is -0.107. The molecule has 1 aromatic heterocycles. The summed E-state index contributed by atoms with van der Waals surface area (Å²) in [5.74, 6) is -1.41. The van der Waals surface area contributed by atoms with Gasteiger partial charge in [-0.05, 0) is 85.3 Å². The number of benzene rings is 3. The second kappa shape index (κ2) is 15.4. The molecule has 0 spiro atoms. The van der Waals surface area contributed by atoms with Gasteiger partial charge in [0.25, 0.3) is 5.88 Å². The van der Waals surface area contributed by atoms with Crippen LogP contribution in [-0.4, -0.2) is 68.1 Å². The molecule has 7 rings (SSSR count). The Bertz CT molecular complexity index is 2210. The molecule has 1 heterocycles. The minimum Gasteiger partial charge on any atom is -0.508 e. The summed E-state index contributed by atoms with van der Waals surface area (Å²) >= 11 is 0. The number of fused-ring (bicyclic) bond motifs is 4. The normalized spacial score (nSPS) is 21.7. The number of aldehydes is 1. The van der Waals surface area contributed by atoms with Gasteiger partial charge >= 0.3 is 0 Å². The molecule has 3 aliphatic rings. The summed E-state index contributed by atoms with van der Waals surface area (Å²) in [7, 11) is 2.43. The fraction of sp³-hybridized carbons (Fsp3) is 0.422. The zero-order valence-corrected chi connectivity index (χ0v) is 35.0. The van der Waals surface area contributed by atoms with E-state index in [0.717, 1.165) is 17.4 Å². The second-order valence-corrected chi connectivity index (χ2v) is 21.8. The number of rotatable bonds is 13. The Hall–Kier alpha value is -5.04. The summed E-state index contributed by atoms with van der Waals surface area (Å²) < 4.78 is 32.0. The Kier molecular flexibility index (Phi) is 10.8. The molecule has 3 aliphatic carbocycles. The topological polar surface area (TPSA) is 138 Å². The Balaban J connectivity index is 1.44. The van der Waals surface area contributed by atoms with Crippen molar-refractivity contribution >= 4 is 26.2 Å². The monoisotopic (exact) mass is 792 g/mol. The smallest absolute Gasteiger partial charge is 0.265 e. The molecular weight excluding hydrogens is 741 g/mol. The number of Topliss-reactive ketones (excluding diaryl/α,β-unsaturated/α-hetero) is 2. The molecule has 0 aliphatic heterocycles. The highest BCUT2D eigenvalue weighted by atomic mass is 28.4. The molecule has 0 saturated heterocycles. The molecule has 0 fully saturated rings. The average molecular weight is 793 g/mol. The van der Waals surface area contributed by atoms with Crippen molar-refractivity contribution in [1.82, 2.24) is 10.1 Å². The Labute approximate surface area is 335 Å². The number of aliphatic hydroxyl groups is 1. The van der Waals surface area contributed by atoms with Crippen molar-refractivity contribution in [1.29, 1.82) is 0 Å². The molecule has 0 bridgehead atoms. The molecule has 3 aromatic carbocycles. The van der Waals surface area contributed by atoms with E-state index in [0.29, 0.717) is 47.6 Å². The Morgan fingerprint density at radius 1 is 0.982 bits per heavy atom. The lowest BCUT2D eigenvalue weighted by Crippen LogP contribution is -2.65. The van der Waals surface area contributed by atoms with E-state index in [1.54, 1.807) is 7.11 Å². The zero-order chi connectivity index (χ0) is 40.9. The second-order valence-electron chi connectivity index (χ2n) is 17.1. The van der Waals surface area contributed by atoms with Crippen LogP contribution in [0.25, 0.3) is 0 Å². The summed E-state index contributed by atoms with van der Waals surface area (Å²) in [5, 5.41) is 17.0. The van der Waals surface area contributed by atoms with Gasteiger partial charge in [0, 0.05) is 23.5 Å². The summed E-state index contributed by atoms with van der Waals surface area (Å²) in [6.07, 6.45) is 1.98. The molecule has 4 atom stereocenters. The lowest BCUT2D eigenvalue weighted by atomic mass is 9.58. The van der Waals surface area contributed by atoms with Crippen LogP contribution in [0.4, 0.5) is 0 Å². The van der Waals surface area contributed by atoms with Crippen LogP contribution < -0.4 is 14.2 Å². The van der Waals surface area contributed by atoms with Crippen LogP contribution in [0, 0.1) is 11.8 Å². The van der Waals surface area contributed by atoms with Crippen molar-refractivity contribution in [3.63, 3.8) is 0 Å². The van der Waals surface area contributed by atoms with Gasteiger partial charge in [-0.25, -0.2) is 0 Å². The average Bonchev–Trinajstić information content (AvgIpc) is 3.60. The van der Waals surface area contributed by atoms with Crippen LogP contribution in [-0.2, 0) is 35.3 Å². The van der Waals surface area contributed by atoms with Crippen molar-refractivity contribution in [2.45, 2.75) is 89.4 Å². The van der Waals surface area contributed by atoms with Gasteiger partial charge in [0.15, 0.2) is 25.5 Å². The van der Waals surface area contributed by atoms with Gasteiger partial charge in [-0.2, -0.15) is 0 Å². The Morgan fingerprint density at radius 3 is 2.19 bits per heavy atom. The number of allylic oxidation sites excluding steroid dienone is 1. The third-order valence-electron chi connectivity index (χ3n) is 12.3. The van der Waals surface area contributed by atoms with E-state index < -0.39 is 49.1 Å². The molecular formula is C45H52N2O9Si. The van der Waals surface area contributed by atoms with Crippen molar-refractivity contribution in [3.05, 3.63) is 117 Å². The SMILES string of the molecule is COc1cc(CCC=O)c(OCc2ccccc2)c2c1C[C@H]1C[C@H]3[C@H](N(C)C)c4onc(OCc5ccccc5)c4C(=O)[C@@]3(O[Si](C)(C)C(C)(C)C)C(O)=C1C2=O. The van der Waals surface area contributed by atoms with Gasteiger partial charge in [0.2, 0.25) is 5.78 Å². The first-order chi connectivity index (χ1) is 27.1. The van der Waals surface area contributed by atoms with Crippen molar-refractivity contribution < 1.29 is 42.6 Å². The van der Waals surface area contributed by atoms with Gasteiger partial charge in [-0.3, -0.25) is 14.5 Å². The first kappa shape index (κ1) is 40.2. The largest absolute Gasteiger partial charge is 0.508 e. The number of methoxy groups -OCH3 is 1. The number of hydrogen-bond acceptors (Lipinski definition) is 11. The third-order valence-corrected chi connectivity index (χ3v) is 16.7. The summed E-state index contributed by atoms with van der Waals surface area (Å²) in [5.41, 5.74) is 1.56. The molecule has 4 aromatic rings. The lowest BCUT2D eigenvalue weighted by Gasteiger charge is -2.55. The molecule has 1 N–H and O–H groups in total. The number of ketones is 2. The minimum absolute atomic E-state index is 0.00348. The summed E-state index contributed by atoms with van der Waals surface area (Å²) in [6.45, 7) is 10.6. The molecule has 0 radical (unpaired) electrons. The van der Waals surface area contributed by atoms with Crippen LogP contribution in [0.3, 0.4) is 0 Å². The molecule has 0 saturated carbocycles. The molecule has 0 amide bonds. The number of hydrogen-bond donors (Lipinski definition) is 1. The van der Waals surface area contributed by atoms with Gasteiger partial charge in [-0.15, -0.1) is 0 Å². The number of ether oxygens (including phenoxy) is 3. The van der Waals surface area contributed by atoms with Crippen molar-refractivity contribution in [2.24, 2.45) is 11.8 Å². The van der Waals surface area contributed by atoms with Crippen LogP contribution in [0.5, 0.6) is 17.4 Å². The van der Waals surface area contributed by atoms with E-state index in [1.165, 1.54) is 0 Å². The zero-order valence-electron chi connectivity index (χ0n) is 34.0. The summed E-state index contributed by atoms with van der Waals surface area (Å²) in [4.78, 5) is 44.5. The predicted octanol–water partition coefficient (Wildman–Crippen LogP) is 8.42. The highest BCUT2D eigenvalue weighted by molar-refractivity contribution is 6.74. The molecule has 12 heteroatoms. The number of aromatic nitrogens is 1. The standard InChI is InChI=1S/C45H52N2O9Si/c1-44(2,3)57(7,8)56-45-32(37(47(4)5)40-36(42(45)51)43(46-55-40)54-26-28-18-13-10-14-19-28)23-30-22-31-33(52-6)24-29(20-15-21-48)39(35(31)38(49)34(30)41(45)50)53-25-27-16-11-9-12-17-27/h9-14,16-19,21,24,30,32,37,50H,15,20,22-23,25-26H2,1-8H3/t30-,32-,37-,45-/m0/s1. The van der Waals surface area contributed by atoms with Crippen LogP contribution >= 0.6 is 0 Å². The predicted molar refractivity (Wildman–Crippen MR) is 216 cm³/mol. The van der Waals surface area contributed by atoms with Gasteiger partial charge < -0.3 is 33.1 Å². The number of nitrogens with zero attached hydrogens (tertiary/aromatic N) is 2. The maximum atomic E-state index is 15.6. The molecule has 0 unspecified atom stereocenters. The minimum atomic E-state index is -2.91. The van der Waals surface area contributed by atoms with Gasteiger partial charge in [0.1, 0.15) is 42.3 Å². The van der Waals surface area contributed by atoms with E-state index >= 15 is 9.59 Å². The van der Waals surface area contributed by atoms with Crippen molar-refractivity contribution in [2.75, 3.05) is 21.2 Å². The van der Waals surface area contributed by atoms with E-state index in [1.807, 2.05) is 98.8 Å². The van der Waals surface area contributed by atoms with E-state index in [4.69, 9.17) is 23.2 Å². The molecule has 57 heavy (non-hydrogen) atoms. The fourth-order valence-corrected chi connectivity index (χ4v) is 9.96. The van der Waals surface area contributed by atoms with E-state index in [2.05, 4.69) is 25.9 Å². The van der Waals surface area contributed by atoms with Crippen molar-refractivity contribution in [3.8, 4) is 17.4 Å². The summed E-state index contributed by atoms with van der Waals surface area (Å²) in [6, 6.07) is 20.4. The van der Waals surface area contributed by atoms with Gasteiger partial charge in [-0.1, -0.05) is 81.4 Å². The van der Waals surface area contributed by atoms with E-state index in [9.17, 15) is 9.90 Å². The number of carbonyl (C=O) groups is 3. The maximum absolute atomic E-state index is 15.6. The highest BCUT2D eigenvalue weighted by Gasteiger charge is 2.67. The number of aryl methyl sites for hydroxylation is 1. The first-order valence-electron chi connectivity index (χ1n) is 19.5. The quantitative estimate of drug-likeness (QED) is 0.103. The van der Waals surface area contributed by atoms with Gasteiger partial charge in [0.05, 0.1) is 18.7 Å². The van der Waals surface area contributed by atoms with Crippen LogP contribution in [0.1, 0.15) is 88.4 Å². The van der Waals surface area contributed by atoms with Crippen LogP contribution in [0.2, 0.25) is 18.1 Å².